The van der Waals surface area contributed by atoms with E-state index in [4.69, 9.17) is 9.84 Å². The lowest BCUT2D eigenvalue weighted by molar-refractivity contribution is -0.133. The number of nitrogens with zero attached hydrogens (tertiary/aromatic N) is 2. The van der Waals surface area contributed by atoms with Crippen molar-refractivity contribution in [2.75, 3.05) is 31.6 Å². The molecule has 2 aliphatic heterocycles. The number of amides is 2. The van der Waals surface area contributed by atoms with Gasteiger partial charge in [0.1, 0.15) is 11.5 Å². The lowest BCUT2D eigenvalue weighted by atomic mass is 10.1. The summed E-state index contributed by atoms with van der Waals surface area (Å²) in [5, 5.41) is 11.3. The minimum absolute atomic E-state index is 0.0455. The van der Waals surface area contributed by atoms with Crippen molar-refractivity contribution < 1.29 is 41.0 Å². The molecule has 2 aromatic rings. The van der Waals surface area contributed by atoms with Crippen LogP contribution in [0.4, 0.5) is 18.9 Å². The second-order valence-corrected chi connectivity index (χ2v) is 9.43. The molecule has 1 saturated heterocycles. The molecule has 0 bridgehead atoms. The predicted octanol–water partition coefficient (Wildman–Crippen LogP) is 1.21. The van der Waals surface area contributed by atoms with Crippen LogP contribution in [0.3, 0.4) is 0 Å². The molecular formula is C21H25F3N4O6S. The van der Waals surface area contributed by atoms with Crippen molar-refractivity contribution in [2.24, 2.45) is 13.0 Å². The average Bonchev–Trinajstić information content (AvgIpc) is 3.36. The molecule has 2 aliphatic rings. The molecule has 1 fully saturated rings. The number of hydrogen-bond acceptors (Lipinski definition) is 6. The van der Waals surface area contributed by atoms with E-state index < -0.39 is 57.9 Å². The van der Waals surface area contributed by atoms with Crippen LogP contribution in [0.2, 0.25) is 0 Å². The molecule has 2 unspecified atom stereocenters. The highest BCUT2D eigenvalue weighted by Crippen LogP contribution is 2.34. The smallest absolute Gasteiger partial charge is 0.276 e. The minimum atomic E-state index is -4.18. The van der Waals surface area contributed by atoms with Crippen LogP contribution in [0.25, 0.3) is 0 Å². The van der Waals surface area contributed by atoms with Crippen LogP contribution in [-0.4, -0.2) is 67.2 Å². The first-order valence-electron chi connectivity index (χ1n) is 10.7. The molecule has 0 spiro atoms. The Hall–Kier alpha value is -3.10. The highest BCUT2D eigenvalue weighted by molar-refractivity contribution is 7.89. The molecule has 10 nitrogen and oxygen atoms in total. The number of ether oxygens (including phenoxy) is 1. The molecule has 14 heteroatoms. The molecular weight excluding hydrogens is 493 g/mol. The molecule has 4 rings (SSSR count). The number of aliphatic hydroxyl groups is 1. The maximum absolute atomic E-state index is 13.5. The van der Waals surface area contributed by atoms with Crippen molar-refractivity contribution in [3.05, 3.63) is 41.5 Å². The first kappa shape index (κ1) is 26.5. The fraction of sp³-hybridized carbons (Fsp3) is 0.429. The van der Waals surface area contributed by atoms with Crippen molar-refractivity contribution in [1.29, 1.82) is 0 Å². The number of carbonyl (C=O) groups excluding carboxylic acids is 2. The van der Waals surface area contributed by atoms with Crippen molar-refractivity contribution in [2.45, 2.75) is 24.8 Å². The Morgan fingerprint density at radius 1 is 1.20 bits per heavy atom. The number of aliphatic hydroxyl groups excluding tert-OH is 1. The molecule has 2 amide bonds. The zero-order chi connectivity index (χ0) is 26.1. The van der Waals surface area contributed by atoms with E-state index in [1.807, 2.05) is 13.8 Å². The summed E-state index contributed by atoms with van der Waals surface area (Å²) in [5.41, 5.74) is -0.632. The molecule has 3 heterocycles. The van der Waals surface area contributed by atoms with Gasteiger partial charge in [0.05, 0.1) is 6.61 Å². The van der Waals surface area contributed by atoms with Gasteiger partial charge >= 0.3 is 0 Å². The molecule has 3 N–H and O–H groups in total. The highest BCUT2D eigenvalue weighted by Gasteiger charge is 2.42. The number of fused-ring (bicyclic) bond motifs is 2. The summed E-state index contributed by atoms with van der Waals surface area (Å²) in [4.78, 5) is 25.6. The number of rotatable bonds is 3. The third-order valence-electron chi connectivity index (χ3n) is 5.53. The van der Waals surface area contributed by atoms with E-state index in [0.29, 0.717) is 12.1 Å². The highest BCUT2D eigenvalue weighted by atomic mass is 32.2. The van der Waals surface area contributed by atoms with Crippen LogP contribution in [0.15, 0.2) is 23.2 Å². The Morgan fingerprint density at radius 2 is 1.83 bits per heavy atom. The third kappa shape index (κ3) is 5.13. The zero-order valence-corrected chi connectivity index (χ0v) is 20.0. The number of aryl methyl sites for hydroxylation is 1. The van der Waals surface area contributed by atoms with Crippen LogP contribution in [0.1, 0.15) is 24.3 Å². The van der Waals surface area contributed by atoms with E-state index in [2.05, 4.69) is 10.0 Å². The maximum atomic E-state index is 13.5. The van der Waals surface area contributed by atoms with Crippen molar-refractivity contribution >= 4 is 27.5 Å². The van der Waals surface area contributed by atoms with Gasteiger partial charge in [-0.25, -0.2) is 26.3 Å². The summed E-state index contributed by atoms with van der Waals surface area (Å²) in [6, 6.07) is 0.497. The molecule has 1 aromatic heterocycles. The maximum Gasteiger partial charge on any atom is 0.276 e. The van der Waals surface area contributed by atoms with Crippen LogP contribution >= 0.6 is 0 Å². The fourth-order valence-corrected chi connectivity index (χ4v) is 5.41. The van der Waals surface area contributed by atoms with Crippen molar-refractivity contribution in [3.63, 3.8) is 0 Å². The van der Waals surface area contributed by atoms with Gasteiger partial charge in [0, 0.05) is 56.1 Å². The Bertz CT molecular complexity index is 1230. The first-order chi connectivity index (χ1) is 16.5. The lowest BCUT2D eigenvalue weighted by Crippen LogP contribution is -2.43. The van der Waals surface area contributed by atoms with Gasteiger partial charge in [0.25, 0.3) is 5.91 Å². The second kappa shape index (κ2) is 10.3. The minimum Gasteiger partial charge on any atom is -0.489 e. The number of benzene rings is 1. The number of aromatic nitrogens is 1. The van der Waals surface area contributed by atoms with Crippen molar-refractivity contribution in [3.8, 4) is 5.75 Å². The number of sulfonamides is 1. The summed E-state index contributed by atoms with van der Waals surface area (Å²) in [5.74, 6) is -6.96. The van der Waals surface area contributed by atoms with Gasteiger partial charge in [0.15, 0.2) is 28.9 Å². The summed E-state index contributed by atoms with van der Waals surface area (Å²) < 4.78 is 75.5. The molecule has 2 atom stereocenters. The SMILES string of the molecule is CC.Cn1cc2c(c1C(=O)Nc1cc(F)c(F)c(F)c1)OCC1CN(C(=O)CO)CC1NS2(=O)=O. The molecule has 35 heavy (non-hydrogen) atoms. The Balaban J connectivity index is 0.00000167. The molecule has 0 radical (unpaired) electrons. The quantitative estimate of drug-likeness (QED) is 0.524. The number of likely N-dealkylation sites (tertiary alicyclic amines) is 1. The van der Waals surface area contributed by atoms with E-state index in [1.165, 1.54) is 16.5 Å². The summed E-state index contributed by atoms with van der Waals surface area (Å²) in [6.07, 6.45) is 1.14. The second-order valence-electron chi connectivity index (χ2n) is 7.75. The largest absolute Gasteiger partial charge is 0.489 e. The van der Waals surface area contributed by atoms with Crippen LogP contribution in [0, 0.1) is 23.4 Å². The number of nitrogens with one attached hydrogen (secondary N) is 2. The van der Waals surface area contributed by atoms with Gasteiger partial charge in [-0.05, 0) is 0 Å². The van der Waals surface area contributed by atoms with E-state index in [1.54, 1.807) is 0 Å². The van der Waals surface area contributed by atoms with Gasteiger partial charge in [-0.2, -0.15) is 0 Å². The average molecular weight is 519 g/mol. The molecule has 0 saturated carbocycles. The van der Waals surface area contributed by atoms with E-state index in [0.717, 1.165) is 6.20 Å². The predicted molar refractivity (Wildman–Crippen MR) is 118 cm³/mol. The van der Waals surface area contributed by atoms with Gasteiger partial charge in [-0.3, -0.25) is 9.59 Å². The molecule has 1 aromatic carbocycles. The topological polar surface area (TPSA) is 130 Å². The lowest BCUT2D eigenvalue weighted by Gasteiger charge is -2.23. The van der Waals surface area contributed by atoms with E-state index >= 15 is 0 Å². The van der Waals surface area contributed by atoms with Gasteiger partial charge in [-0.1, -0.05) is 13.8 Å². The Kier molecular flexibility index (Phi) is 7.77. The summed E-state index contributed by atoms with van der Waals surface area (Å²) in [7, 11) is -2.80. The third-order valence-corrected chi connectivity index (χ3v) is 7.01. The fourth-order valence-electron chi connectivity index (χ4n) is 3.92. The number of anilines is 1. The van der Waals surface area contributed by atoms with Gasteiger partial charge < -0.3 is 24.6 Å². The summed E-state index contributed by atoms with van der Waals surface area (Å²) in [6.45, 7) is 3.40. The Labute approximate surface area is 199 Å². The van der Waals surface area contributed by atoms with E-state index in [9.17, 15) is 31.2 Å². The normalized spacial score (nSPS) is 20.4. The molecule has 192 valence electrons. The number of carbonyl (C=O) groups is 2. The van der Waals surface area contributed by atoms with Crippen LogP contribution in [-0.2, 0) is 21.9 Å². The van der Waals surface area contributed by atoms with Gasteiger partial charge in [-0.15, -0.1) is 0 Å². The Morgan fingerprint density at radius 3 is 2.43 bits per heavy atom. The summed E-state index contributed by atoms with van der Waals surface area (Å²) >= 11 is 0. The first-order valence-corrected chi connectivity index (χ1v) is 12.2. The number of halogens is 3. The molecule has 0 aliphatic carbocycles. The van der Waals surface area contributed by atoms with Crippen molar-refractivity contribution in [1.82, 2.24) is 14.2 Å². The standard InChI is InChI=1S/C19H19F3N4O6S.C2H6/c1-25-6-14-18(17(25)19(29)23-10-2-11(20)16(22)12(21)3-10)32-8-9-4-26(15(28)7-27)5-13(9)24-33(14,30)31;1-2/h2-3,6,9,13,24,27H,4-5,7-8H2,1H3,(H,23,29);1-2H3. The number of hydrogen-bond donors (Lipinski definition) is 3. The van der Waals surface area contributed by atoms with Gasteiger partial charge in [0.2, 0.25) is 15.9 Å². The zero-order valence-electron chi connectivity index (χ0n) is 19.1. The van der Waals surface area contributed by atoms with Crippen LogP contribution in [0.5, 0.6) is 5.75 Å². The van der Waals surface area contributed by atoms with Crippen LogP contribution < -0.4 is 14.8 Å². The monoisotopic (exact) mass is 518 g/mol. The van der Waals surface area contributed by atoms with E-state index in [-0.39, 0.29) is 41.7 Å².